The van der Waals surface area contributed by atoms with E-state index >= 15 is 0 Å². The summed E-state index contributed by atoms with van der Waals surface area (Å²) in [5.41, 5.74) is 7.42. The molecule has 0 radical (unpaired) electrons. The molecule has 1 aliphatic carbocycles. The molecule has 2 fully saturated rings. The number of hydrogen-bond acceptors (Lipinski definition) is 2. The van der Waals surface area contributed by atoms with Gasteiger partial charge in [0.2, 0.25) is 0 Å². The van der Waals surface area contributed by atoms with Gasteiger partial charge in [-0.25, -0.2) is 0 Å². The van der Waals surface area contributed by atoms with Gasteiger partial charge < -0.3 is 10.6 Å². The highest BCUT2D eigenvalue weighted by molar-refractivity contribution is 5.85. The lowest BCUT2D eigenvalue weighted by Crippen LogP contribution is -2.25. The molecule has 1 aromatic rings. The lowest BCUT2D eigenvalue weighted by molar-refractivity contribution is 0.311. The number of nitrogens with zero attached hydrogens (tertiary/aromatic N) is 1. The van der Waals surface area contributed by atoms with Crippen LogP contribution in [-0.4, -0.2) is 31.1 Å². The van der Waals surface area contributed by atoms with Crippen molar-refractivity contribution in [3.8, 4) is 0 Å². The minimum atomic E-state index is 0. The number of benzene rings is 1. The summed E-state index contributed by atoms with van der Waals surface area (Å²) in [7, 11) is 0. The SMILES string of the molecule is Cl.NC[C@@H]1CN(CC2CC2)C[C@H]1c1ccccc1. The van der Waals surface area contributed by atoms with Crippen molar-refractivity contribution in [3.63, 3.8) is 0 Å². The van der Waals surface area contributed by atoms with Crippen LogP contribution >= 0.6 is 12.4 Å². The van der Waals surface area contributed by atoms with Gasteiger partial charge in [-0.2, -0.15) is 0 Å². The van der Waals surface area contributed by atoms with Gasteiger partial charge in [0.05, 0.1) is 0 Å². The monoisotopic (exact) mass is 266 g/mol. The van der Waals surface area contributed by atoms with Crippen molar-refractivity contribution in [1.29, 1.82) is 0 Å². The van der Waals surface area contributed by atoms with E-state index in [0.717, 1.165) is 12.5 Å². The van der Waals surface area contributed by atoms with Crippen LogP contribution in [-0.2, 0) is 0 Å². The van der Waals surface area contributed by atoms with Crippen LogP contribution in [0.15, 0.2) is 30.3 Å². The Morgan fingerprint density at radius 2 is 1.83 bits per heavy atom. The van der Waals surface area contributed by atoms with Crippen molar-refractivity contribution < 1.29 is 0 Å². The molecule has 1 saturated carbocycles. The molecule has 100 valence electrons. The molecular weight excluding hydrogens is 244 g/mol. The smallest absolute Gasteiger partial charge is 0.00541 e. The molecule has 2 nitrogen and oxygen atoms in total. The van der Waals surface area contributed by atoms with E-state index < -0.39 is 0 Å². The number of rotatable bonds is 4. The molecule has 0 unspecified atom stereocenters. The van der Waals surface area contributed by atoms with E-state index in [-0.39, 0.29) is 12.4 Å². The van der Waals surface area contributed by atoms with Gasteiger partial charge in [0, 0.05) is 25.6 Å². The third-order valence-corrected chi connectivity index (χ3v) is 4.26. The van der Waals surface area contributed by atoms with E-state index in [1.165, 1.54) is 38.0 Å². The van der Waals surface area contributed by atoms with Crippen LogP contribution in [0.3, 0.4) is 0 Å². The molecule has 1 aromatic carbocycles. The Morgan fingerprint density at radius 3 is 2.44 bits per heavy atom. The van der Waals surface area contributed by atoms with Crippen LogP contribution in [0.5, 0.6) is 0 Å². The first-order valence-electron chi connectivity index (χ1n) is 6.84. The van der Waals surface area contributed by atoms with Crippen LogP contribution in [0.1, 0.15) is 24.3 Å². The van der Waals surface area contributed by atoms with Gasteiger partial charge in [-0.05, 0) is 36.8 Å². The molecule has 0 aromatic heterocycles. The molecule has 1 heterocycles. The molecule has 2 aliphatic rings. The summed E-state index contributed by atoms with van der Waals surface area (Å²) in [5.74, 6) is 2.29. The van der Waals surface area contributed by atoms with Gasteiger partial charge in [0.15, 0.2) is 0 Å². The molecule has 0 amide bonds. The minimum Gasteiger partial charge on any atom is -0.330 e. The highest BCUT2D eigenvalue weighted by atomic mass is 35.5. The zero-order valence-electron chi connectivity index (χ0n) is 10.8. The molecule has 2 atom stereocenters. The zero-order chi connectivity index (χ0) is 11.7. The fraction of sp³-hybridized carbons (Fsp3) is 0.600. The van der Waals surface area contributed by atoms with Gasteiger partial charge in [-0.3, -0.25) is 0 Å². The predicted octanol–water partition coefficient (Wildman–Crippen LogP) is 2.49. The van der Waals surface area contributed by atoms with E-state index in [0.29, 0.717) is 11.8 Å². The first-order chi connectivity index (χ1) is 8.36. The van der Waals surface area contributed by atoms with E-state index in [9.17, 15) is 0 Å². The van der Waals surface area contributed by atoms with Crippen LogP contribution in [0, 0.1) is 11.8 Å². The first-order valence-corrected chi connectivity index (χ1v) is 6.84. The Balaban J connectivity index is 0.00000120. The summed E-state index contributed by atoms with van der Waals surface area (Å²) in [6.07, 6.45) is 2.89. The summed E-state index contributed by atoms with van der Waals surface area (Å²) in [6, 6.07) is 10.9. The fourth-order valence-corrected chi connectivity index (χ4v) is 3.09. The van der Waals surface area contributed by atoms with Crippen molar-refractivity contribution in [1.82, 2.24) is 4.90 Å². The zero-order valence-corrected chi connectivity index (χ0v) is 11.6. The van der Waals surface area contributed by atoms with Crippen LogP contribution in [0.2, 0.25) is 0 Å². The van der Waals surface area contributed by atoms with Crippen LogP contribution < -0.4 is 5.73 Å². The standard InChI is InChI=1S/C15H22N2.ClH/c16-8-14-10-17(9-12-6-7-12)11-15(14)13-4-2-1-3-5-13;/h1-5,12,14-15H,6-11,16H2;1H/t14-,15+;/m1./s1. The molecule has 3 rings (SSSR count). The van der Waals surface area contributed by atoms with Gasteiger partial charge in [0.1, 0.15) is 0 Å². The number of likely N-dealkylation sites (tertiary alicyclic amines) is 1. The quantitative estimate of drug-likeness (QED) is 0.907. The van der Waals surface area contributed by atoms with Crippen LogP contribution in [0.4, 0.5) is 0 Å². The first kappa shape index (κ1) is 13.9. The Bertz CT molecular complexity index is 364. The molecule has 0 spiro atoms. The Hall–Kier alpha value is -0.570. The minimum absolute atomic E-state index is 0. The second-order valence-corrected chi connectivity index (χ2v) is 5.67. The maximum Gasteiger partial charge on any atom is 0.00541 e. The molecule has 0 bridgehead atoms. The van der Waals surface area contributed by atoms with E-state index in [1.54, 1.807) is 0 Å². The van der Waals surface area contributed by atoms with Gasteiger partial charge in [-0.1, -0.05) is 30.3 Å². The third-order valence-electron chi connectivity index (χ3n) is 4.26. The Labute approximate surface area is 116 Å². The third kappa shape index (κ3) is 3.05. The summed E-state index contributed by atoms with van der Waals surface area (Å²) < 4.78 is 0. The van der Waals surface area contributed by atoms with Crippen molar-refractivity contribution in [3.05, 3.63) is 35.9 Å². The fourth-order valence-electron chi connectivity index (χ4n) is 3.09. The average Bonchev–Trinajstić information content (AvgIpc) is 3.08. The summed E-state index contributed by atoms with van der Waals surface area (Å²) in [4.78, 5) is 2.63. The summed E-state index contributed by atoms with van der Waals surface area (Å²) in [6.45, 7) is 4.54. The highest BCUT2D eigenvalue weighted by Crippen LogP contribution is 2.36. The van der Waals surface area contributed by atoms with Gasteiger partial charge in [0.25, 0.3) is 0 Å². The second kappa shape index (κ2) is 6.05. The maximum absolute atomic E-state index is 5.94. The summed E-state index contributed by atoms with van der Waals surface area (Å²) >= 11 is 0. The molecule has 1 aliphatic heterocycles. The molecule has 18 heavy (non-hydrogen) atoms. The van der Waals surface area contributed by atoms with E-state index in [4.69, 9.17) is 5.73 Å². The largest absolute Gasteiger partial charge is 0.330 e. The van der Waals surface area contributed by atoms with E-state index in [1.807, 2.05) is 0 Å². The topological polar surface area (TPSA) is 29.3 Å². The Kier molecular flexibility index (Phi) is 4.66. The average molecular weight is 267 g/mol. The summed E-state index contributed by atoms with van der Waals surface area (Å²) in [5, 5.41) is 0. The van der Waals surface area contributed by atoms with Crippen molar-refractivity contribution in [2.45, 2.75) is 18.8 Å². The molecule has 2 N–H and O–H groups in total. The maximum atomic E-state index is 5.94. The number of halogens is 1. The van der Waals surface area contributed by atoms with Crippen molar-refractivity contribution in [2.24, 2.45) is 17.6 Å². The highest BCUT2D eigenvalue weighted by Gasteiger charge is 2.35. The molecular formula is C15H23ClN2. The lowest BCUT2D eigenvalue weighted by Gasteiger charge is -2.16. The predicted molar refractivity (Wildman–Crippen MR) is 78.1 cm³/mol. The normalized spacial score (nSPS) is 28.1. The van der Waals surface area contributed by atoms with E-state index in [2.05, 4.69) is 35.2 Å². The number of hydrogen-bond donors (Lipinski definition) is 1. The lowest BCUT2D eigenvalue weighted by atomic mass is 9.89. The second-order valence-electron chi connectivity index (χ2n) is 5.67. The van der Waals surface area contributed by atoms with Crippen LogP contribution in [0.25, 0.3) is 0 Å². The molecule has 3 heteroatoms. The van der Waals surface area contributed by atoms with Crippen molar-refractivity contribution >= 4 is 12.4 Å². The van der Waals surface area contributed by atoms with Gasteiger partial charge >= 0.3 is 0 Å². The van der Waals surface area contributed by atoms with Crippen molar-refractivity contribution in [2.75, 3.05) is 26.2 Å². The Morgan fingerprint density at radius 1 is 1.11 bits per heavy atom. The number of nitrogens with two attached hydrogens (primary N) is 1. The van der Waals surface area contributed by atoms with Gasteiger partial charge in [-0.15, -0.1) is 12.4 Å². The molecule has 1 saturated heterocycles.